The van der Waals surface area contributed by atoms with Gasteiger partial charge in [-0.2, -0.15) is 0 Å². The van der Waals surface area contributed by atoms with Gasteiger partial charge in [-0.05, 0) is 24.3 Å². The smallest absolute Gasteiger partial charge is 0.335 e. The minimum absolute atomic E-state index is 0. The van der Waals surface area contributed by atoms with Crippen LogP contribution in [0.15, 0.2) is 24.3 Å². The van der Waals surface area contributed by atoms with Gasteiger partial charge in [0.25, 0.3) is 0 Å². The molecule has 0 unspecified atom stereocenters. The summed E-state index contributed by atoms with van der Waals surface area (Å²) in [4.78, 5) is 10.3. The molecule has 0 spiro atoms. The van der Waals surface area contributed by atoms with Crippen LogP contribution in [-0.2, 0) is 0 Å². The molecule has 0 amide bonds. The predicted molar refractivity (Wildman–Crippen MR) is 40.3 cm³/mol. The van der Waals surface area contributed by atoms with Gasteiger partial charge in [0.15, 0.2) is 0 Å². The maximum Gasteiger partial charge on any atom is 0.335 e. The van der Waals surface area contributed by atoms with Crippen LogP contribution in [-0.4, -0.2) is 11.1 Å². The molecule has 0 fully saturated rings. The Balaban J connectivity index is 0.000001000. The summed E-state index contributed by atoms with van der Waals surface area (Å²) in [6, 6.07) is 6.06. The lowest BCUT2D eigenvalue weighted by atomic mass is 10.2. The molecule has 3 nitrogen and oxygen atoms in total. The second-order valence-corrected chi connectivity index (χ2v) is 1.93. The highest BCUT2D eigenvalue weighted by atomic mass is 19.0. The molecule has 3 N–H and O–H groups in total. The first kappa shape index (κ1) is 9.42. The van der Waals surface area contributed by atoms with Gasteiger partial charge in [0.05, 0.1) is 5.56 Å². The summed E-state index contributed by atoms with van der Waals surface area (Å²) in [5.41, 5.74) is 6.17. The van der Waals surface area contributed by atoms with Crippen LogP contribution in [0.1, 0.15) is 10.4 Å². The van der Waals surface area contributed by atoms with E-state index in [9.17, 15) is 4.79 Å². The third kappa shape index (κ3) is 2.25. The van der Waals surface area contributed by atoms with E-state index in [2.05, 4.69) is 0 Å². The maximum atomic E-state index is 10.3. The molecule has 0 aliphatic heterocycles. The third-order valence-electron chi connectivity index (χ3n) is 1.16. The molecule has 1 aromatic carbocycles. The van der Waals surface area contributed by atoms with Gasteiger partial charge in [-0.1, -0.05) is 0 Å². The summed E-state index contributed by atoms with van der Waals surface area (Å²) in [7, 11) is 0. The number of hydrogen-bond acceptors (Lipinski definition) is 2. The second-order valence-electron chi connectivity index (χ2n) is 1.93. The average molecular weight is 157 g/mol. The molecule has 0 aliphatic carbocycles. The van der Waals surface area contributed by atoms with Crippen molar-refractivity contribution in [3.05, 3.63) is 29.8 Å². The van der Waals surface area contributed by atoms with E-state index in [-0.39, 0.29) is 10.3 Å². The first-order valence-corrected chi connectivity index (χ1v) is 2.79. The second kappa shape index (κ2) is 3.55. The Kier molecular flexibility index (Phi) is 3.04. The van der Waals surface area contributed by atoms with E-state index in [1.807, 2.05) is 0 Å². The fraction of sp³-hybridized carbons (Fsp3) is 0. The van der Waals surface area contributed by atoms with Crippen molar-refractivity contribution in [3.8, 4) is 0 Å². The Bertz CT molecular complexity index is 245. The molecule has 0 atom stereocenters. The summed E-state index contributed by atoms with van der Waals surface area (Å²) in [5, 5.41) is 8.43. The monoisotopic (exact) mass is 157 g/mol. The number of carboxylic acid groups (broad SMARTS) is 1. The fourth-order valence-electron chi connectivity index (χ4n) is 0.626. The Morgan fingerprint density at radius 3 is 2.09 bits per heavy atom. The van der Waals surface area contributed by atoms with Gasteiger partial charge in [-0.15, -0.1) is 0 Å². The molecule has 0 saturated carbocycles. The predicted octanol–water partition coefficient (Wildman–Crippen LogP) is 1.12. The highest BCUT2D eigenvalue weighted by molar-refractivity contribution is 5.87. The number of hydrogen-bond donors (Lipinski definition) is 2. The molecule has 1 aromatic rings. The first-order chi connectivity index (χ1) is 4.70. The number of rotatable bonds is 1. The molecule has 0 heterocycles. The van der Waals surface area contributed by atoms with Crippen LogP contribution in [0.4, 0.5) is 10.4 Å². The van der Waals surface area contributed by atoms with Gasteiger partial charge < -0.3 is 10.8 Å². The largest absolute Gasteiger partial charge is 0.478 e. The number of nitrogen functional groups attached to an aromatic ring is 1. The SMILES string of the molecule is F.Nc1ccc(C(=O)O)cc1. The molecule has 0 bridgehead atoms. The number of benzene rings is 1. The van der Waals surface area contributed by atoms with Gasteiger partial charge in [0, 0.05) is 5.69 Å². The number of nitrogens with two attached hydrogens (primary N) is 1. The minimum atomic E-state index is -0.931. The summed E-state index contributed by atoms with van der Waals surface area (Å²) in [6.07, 6.45) is 0. The topological polar surface area (TPSA) is 63.3 Å². The number of carbonyl (C=O) groups is 1. The van der Waals surface area contributed by atoms with Gasteiger partial charge in [0.1, 0.15) is 0 Å². The molecular formula is C7H8FNO2. The Hall–Kier alpha value is -1.58. The van der Waals surface area contributed by atoms with Crippen molar-refractivity contribution in [2.75, 3.05) is 5.73 Å². The highest BCUT2D eigenvalue weighted by Crippen LogP contribution is 2.04. The molecule has 4 heteroatoms. The zero-order valence-corrected chi connectivity index (χ0v) is 5.65. The molecule has 0 radical (unpaired) electrons. The first-order valence-electron chi connectivity index (χ1n) is 2.79. The normalized spacial score (nSPS) is 8.36. The van der Waals surface area contributed by atoms with Crippen LogP contribution in [0, 0.1) is 0 Å². The van der Waals surface area contributed by atoms with Gasteiger partial charge in [-0.3, -0.25) is 4.70 Å². The van der Waals surface area contributed by atoms with Crippen molar-refractivity contribution < 1.29 is 14.6 Å². The van der Waals surface area contributed by atoms with Crippen molar-refractivity contribution in [1.82, 2.24) is 0 Å². The van der Waals surface area contributed by atoms with Gasteiger partial charge in [-0.25, -0.2) is 4.79 Å². The number of halogens is 1. The molecule has 0 saturated heterocycles. The van der Waals surface area contributed by atoms with E-state index in [0.717, 1.165) is 0 Å². The standard InChI is InChI=1S/C7H7NO2.FH/c8-6-3-1-5(2-4-6)7(9)10;/h1-4H,8H2,(H,9,10);1H. The molecular weight excluding hydrogens is 149 g/mol. The zero-order chi connectivity index (χ0) is 7.56. The van der Waals surface area contributed by atoms with Crippen molar-refractivity contribution >= 4 is 11.7 Å². The summed E-state index contributed by atoms with van der Waals surface area (Å²) < 4.78 is 0. The quantitative estimate of drug-likeness (QED) is 0.600. The maximum absolute atomic E-state index is 10.3. The van der Waals surface area contributed by atoms with Crippen LogP contribution < -0.4 is 5.73 Å². The van der Waals surface area contributed by atoms with Crippen LogP contribution in [0.2, 0.25) is 0 Å². The Morgan fingerprint density at radius 1 is 1.27 bits per heavy atom. The van der Waals surface area contributed by atoms with Crippen molar-refractivity contribution in [3.63, 3.8) is 0 Å². The van der Waals surface area contributed by atoms with Crippen LogP contribution in [0.3, 0.4) is 0 Å². The van der Waals surface area contributed by atoms with Crippen LogP contribution >= 0.6 is 0 Å². The number of anilines is 1. The lowest BCUT2D eigenvalue weighted by Crippen LogP contribution is -1.95. The summed E-state index contributed by atoms with van der Waals surface area (Å²) in [5.74, 6) is -0.931. The molecule has 11 heavy (non-hydrogen) atoms. The van der Waals surface area contributed by atoms with E-state index in [4.69, 9.17) is 10.8 Å². The van der Waals surface area contributed by atoms with E-state index in [1.54, 1.807) is 12.1 Å². The molecule has 60 valence electrons. The van der Waals surface area contributed by atoms with Crippen LogP contribution in [0.25, 0.3) is 0 Å². The van der Waals surface area contributed by atoms with Gasteiger partial charge >= 0.3 is 5.97 Å². The minimum Gasteiger partial charge on any atom is -0.478 e. The molecule has 0 aromatic heterocycles. The summed E-state index contributed by atoms with van der Waals surface area (Å²) in [6.45, 7) is 0. The third-order valence-corrected chi connectivity index (χ3v) is 1.16. The lowest BCUT2D eigenvalue weighted by molar-refractivity contribution is 0.0697. The van der Waals surface area contributed by atoms with E-state index < -0.39 is 5.97 Å². The van der Waals surface area contributed by atoms with Crippen molar-refractivity contribution in [2.45, 2.75) is 0 Å². The highest BCUT2D eigenvalue weighted by Gasteiger charge is 1.98. The average Bonchev–Trinajstić information content (AvgIpc) is 1.88. The van der Waals surface area contributed by atoms with Crippen LogP contribution in [0.5, 0.6) is 0 Å². The van der Waals surface area contributed by atoms with Crippen molar-refractivity contribution in [2.24, 2.45) is 0 Å². The molecule has 0 aliphatic rings. The Morgan fingerprint density at radius 2 is 1.73 bits per heavy atom. The fourth-order valence-corrected chi connectivity index (χ4v) is 0.626. The number of carboxylic acids is 1. The summed E-state index contributed by atoms with van der Waals surface area (Å²) >= 11 is 0. The Labute approximate surface area is 62.8 Å². The lowest BCUT2D eigenvalue weighted by Gasteiger charge is -1.93. The van der Waals surface area contributed by atoms with E-state index in [1.165, 1.54) is 12.1 Å². The zero-order valence-electron chi connectivity index (χ0n) is 5.65. The van der Waals surface area contributed by atoms with Gasteiger partial charge in [0.2, 0.25) is 0 Å². The van der Waals surface area contributed by atoms with E-state index in [0.29, 0.717) is 5.69 Å². The molecule has 1 rings (SSSR count). The van der Waals surface area contributed by atoms with Crippen molar-refractivity contribution in [1.29, 1.82) is 0 Å². The number of aromatic carboxylic acids is 1. The van der Waals surface area contributed by atoms with E-state index >= 15 is 0 Å².